The molecule has 0 aliphatic heterocycles. The number of carboxylic acid groups (broad SMARTS) is 1. The Balaban J connectivity index is 0. The monoisotopic (exact) mass is 369 g/mol. The van der Waals surface area contributed by atoms with Crippen LogP contribution in [0.3, 0.4) is 0 Å². The van der Waals surface area contributed by atoms with Crippen LogP contribution in [-0.4, -0.2) is 26.9 Å². The van der Waals surface area contributed by atoms with Gasteiger partial charge in [0.15, 0.2) is 0 Å². The van der Waals surface area contributed by atoms with E-state index in [0.717, 1.165) is 5.56 Å². The third-order valence-electron chi connectivity index (χ3n) is 1.62. The molecule has 1 aromatic rings. The fraction of sp³-hybridized carbons (Fsp3) is 0.222. The first kappa shape index (κ1) is 19.8. The molecule has 1 aromatic carbocycles. The molecule has 0 aromatic heterocycles. The van der Waals surface area contributed by atoms with E-state index in [4.69, 9.17) is 30.1 Å². The third kappa shape index (κ3) is 13.6. The summed E-state index contributed by atoms with van der Waals surface area (Å²) in [5.41, 5.74) is 6.30. The summed E-state index contributed by atoms with van der Waals surface area (Å²) >= 11 is 0. The van der Waals surface area contributed by atoms with Gasteiger partial charge in [0.1, 0.15) is 6.04 Å². The summed E-state index contributed by atoms with van der Waals surface area (Å²) in [4.78, 5) is 33.3. The van der Waals surface area contributed by atoms with Crippen molar-refractivity contribution in [3.05, 3.63) is 35.9 Å². The van der Waals surface area contributed by atoms with Gasteiger partial charge in [0.05, 0.1) is 0 Å². The van der Waals surface area contributed by atoms with E-state index in [9.17, 15) is 4.79 Å². The summed E-state index contributed by atoms with van der Waals surface area (Å²) in [5, 5.41) is 8.52. The molecule has 0 saturated heterocycles. The smallest absolute Gasteiger partial charge is 0.756 e. The average Bonchev–Trinajstić information content (AvgIpc) is 2.16. The largest absolute Gasteiger partial charge is 1.00 e. The van der Waals surface area contributed by atoms with Gasteiger partial charge in [0.25, 0.3) is 7.82 Å². The van der Waals surface area contributed by atoms with Crippen LogP contribution >= 0.6 is 7.82 Å². The first-order chi connectivity index (χ1) is 7.70. The number of aliphatic carboxylic acids is 1. The van der Waals surface area contributed by atoms with Crippen LogP contribution in [0, 0.1) is 0 Å². The number of benzene rings is 1. The normalized spacial score (nSPS) is 11.6. The zero-order valence-electron chi connectivity index (χ0n) is 9.06. The van der Waals surface area contributed by atoms with Gasteiger partial charge in [0, 0.05) is 0 Å². The summed E-state index contributed by atoms with van der Waals surface area (Å²) < 4.78 is 8.77. The second kappa shape index (κ2) is 9.43. The van der Waals surface area contributed by atoms with Crippen molar-refractivity contribution in [2.45, 2.75) is 12.5 Å². The summed E-state index contributed by atoms with van der Waals surface area (Å²) in [7, 11) is -4.89. The number of carboxylic acids is 1. The molecule has 1 unspecified atom stereocenters. The first-order valence-electron chi connectivity index (χ1n) is 4.49. The van der Waals surface area contributed by atoms with Gasteiger partial charge in [-0.15, -0.1) is 0 Å². The van der Waals surface area contributed by atoms with Gasteiger partial charge >= 0.3 is 28.3 Å². The average molecular weight is 370 g/mol. The summed E-state index contributed by atoms with van der Waals surface area (Å²) in [6.45, 7) is 0. The van der Waals surface area contributed by atoms with E-state index in [2.05, 4.69) is 0 Å². The Morgan fingerprint density at radius 1 is 1.33 bits per heavy atom. The number of rotatable bonds is 3. The van der Waals surface area contributed by atoms with Gasteiger partial charge in [-0.3, -0.25) is 9.36 Å². The van der Waals surface area contributed by atoms with E-state index >= 15 is 0 Å². The van der Waals surface area contributed by atoms with Crippen LogP contribution in [0.15, 0.2) is 30.3 Å². The Kier molecular flexibility index (Phi) is 10.4. The van der Waals surface area contributed by atoms with Crippen molar-refractivity contribution in [3.8, 4) is 0 Å². The van der Waals surface area contributed by atoms with E-state index in [1.165, 1.54) is 0 Å². The minimum atomic E-state index is -4.89. The number of nitrogens with two attached hydrogens (primary N) is 1. The Labute approximate surface area is 119 Å². The van der Waals surface area contributed by atoms with Crippen LogP contribution in [0.1, 0.15) is 5.56 Å². The standard InChI is InChI=1S/C9H11NO2.Ag.H3O4P/c10-8(9(11)12)6-7-4-2-1-3-5-7;;1-5(2,3)4/h1-5,8H,6,10H2,(H,11,12);;(H3,1,2,3,4)/q;+1;/p-1. The molecule has 0 spiro atoms. The van der Waals surface area contributed by atoms with Gasteiger partial charge in [-0.2, -0.15) is 0 Å². The predicted molar refractivity (Wildman–Crippen MR) is 57.8 cm³/mol. The summed E-state index contributed by atoms with van der Waals surface area (Å²) in [6, 6.07) is 8.54. The van der Waals surface area contributed by atoms with Gasteiger partial charge in [-0.05, 0) is 12.0 Å². The molecule has 0 heterocycles. The minimum absolute atomic E-state index is 0. The van der Waals surface area contributed by atoms with Crippen molar-refractivity contribution in [3.63, 3.8) is 0 Å². The number of carbonyl (C=O) groups is 1. The molecular weight excluding hydrogens is 357 g/mol. The number of hydrogen-bond acceptors (Lipinski definition) is 4. The molecule has 0 radical (unpaired) electrons. The maximum atomic E-state index is 10.4. The Morgan fingerprint density at radius 2 is 1.72 bits per heavy atom. The quantitative estimate of drug-likeness (QED) is 0.398. The van der Waals surface area contributed by atoms with Crippen LogP contribution < -0.4 is 10.6 Å². The van der Waals surface area contributed by atoms with Crippen molar-refractivity contribution in [2.24, 2.45) is 5.73 Å². The van der Waals surface area contributed by atoms with Crippen molar-refractivity contribution in [2.75, 3.05) is 0 Å². The van der Waals surface area contributed by atoms with Gasteiger partial charge in [-0.1, -0.05) is 30.3 Å². The van der Waals surface area contributed by atoms with E-state index in [1.54, 1.807) is 0 Å². The molecule has 0 bridgehead atoms. The van der Waals surface area contributed by atoms with E-state index < -0.39 is 19.8 Å². The van der Waals surface area contributed by atoms with Crippen LogP contribution in [0.4, 0.5) is 0 Å². The van der Waals surface area contributed by atoms with E-state index in [-0.39, 0.29) is 22.4 Å². The van der Waals surface area contributed by atoms with E-state index in [1.807, 2.05) is 30.3 Å². The topological polar surface area (TPSA) is 144 Å². The van der Waals surface area contributed by atoms with Crippen LogP contribution in [0.5, 0.6) is 0 Å². The minimum Gasteiger partial charge on any atom is -0.756 e. The second-order valence-electron chi connectivity index (χ2n) is 3.13. The fourth-order valence-corrected chi connectivity index (χ4v) is 0.955. The SMILES string of the molecule is NC(Cc1ccccc1)C(=O)O.O=P([O-])(O)O.[Ag+]. The summed E-state index contributed by atoms with van der Waals surface area (Å²) in [5.74, 6) is -0.959. The Bertz CT molecular complexity index is 387. The fourth-order valence-electron chi connectivity index (χ4n) is 0.955. The first-order valence-corrected chi connectivity index (χ1v) is 6.02. The van der Waals surface area contributed by atoms with Crippen LogP contribution in [-0.2, 0) is 38.2 Å². The van der Waals surface area contributed by atoms with Gasteiger partial charge in [-0.25, -0.2) is 0 Å². The third-order valence-corrected chi connectivity index (χ3v) is 1.62. The Hall–Kier alpha value is -0.500. The molecule has 0 amide bonds. The molecule has 0 aliphatic carbocycles. The number of hydrogen-bond donors (Lipinski definition) is 4. The molecule has 1 atom stereocenters. The van der Waals surface area contributed by atoms with Crippen molar-refractivity contribution < 1.29 is 51.5 Å². The van der Waals surface area contributed by atoms with Gasteiger partial charge < -0.3 is 25.5 Å². The molecule has 0 saturated carbocycles. The van der Waals surface area contributed by atoms with E-state index in [0.29, 0.717) is 6.42 Å². The molecule has 1 rings (SSSR count). The molecule has 106 valence electrons. The van der Waals surface area contributed by atoms with Gasteiger partial charge in [0.2, 0.25) is 0 Å². The molecule has 7 nitrogen and oxygen atoms in total. The molecule has 0 aliphatic rings. The van der Waals surface area contributed by atoms with Crippen LogP contribution in [0.2, 0.25) is 0 Å². The predicted octanol–water partition coefficient (Wildman–Crippen LogP) is -0.922. The van der Waals surface area contributed by atoms with Crippen molar-refractivity contribution >= 4 is 13.8 Å². The zero-order chi connectivity index (χ0) is 13.5. The summed E-state index contributed by atoms with van der Waals surface area (Å²) in [6.07, 6.45) is 0.385. The van der Waals surface area contributed by atoms with Crippen molar-refractivity contribution in [1.29, 1.82) is 0 Å². The maximum Gasteiger partial charge on any atom is 1.00 e. The second-order valence-corrected chi connectivity index (χ2v) is 4.11. The molecule has 9 heteroatoms. The molecule has 18 heavy (non-hydrogen) atoms. The molecular formula is C9H13AgNO6P. The number of phosphoric acid groups is 1. The zero-order valence-corrected chi connectivity index (χ0v) is 11.4. The Morgan fingerprint density at radius 3 is 2.06 bits per heavy atom. The van der Waals surface area contributed by atoms with Crippen LogP contribution in [0.25, 0.3) is 0 Å². The molecule has 5 N–H and O–H groups in total. The van der Waals surface area contributed by atoms with Crippen molar-refractivity contribution in [1.82, 2.24) is 0 Å². The molecule has 0 fully saturated rings. The maximum absolute atomic E-state index is 10.4.